The highest BCUT2D eigenvalue weighted by atomic mass is 32.1. The molecule has 200 valence electrons. The zero-order chi connectivity index (χ0) is 26.5. The van der Waals surface area contributed by atoms with Crippen LogP contribution in [0.4, 0.5) is 4.39 Å². The first kappa shape index (κ1) is 28.7. The molecule has 1 saturated carbocycles. The molecule has 0 unspecified atom stereocenters. The molecule has 0 bridgehead atoms. The van der Waals surface area contributed by atoms with Crippen LogP contribution in [0.15, 0.2) is 22.9 Å². The number of cyclic esters (lactones) is 1. The highest BCUT2D eigenvalue weighted by Gasteiger charge is 2.53. The number of aryl methyl sites for hydroxylation is 1. The standard InChI is InChI=1S/C28H40FNO5S/c1-5-21-26(33)18(3)9-6-8-17(2)10-11-23(22(29)14-20-16-36-19(4)30-20)35-25(32)15-24(31)28(27(21)34)12-7-13-28/h10,14,16,18,21,23-24,26,31,33H,5-9,11-13,15H2,1-4H3/b17-10-,22-14-/t18-,21-,23+,24-,26+/m1/s1. The van der Waals surface area contributed by atoms with E-state index in [9.17, 15) is 19.8 Å². The predicted octanol–water partition coefficient (Wildman–Crippen LogP) is 5.71. The molecule has 1 spiro atoms. The first-order valence-corrected chi connectivity index (χ1v) is 14.0. The molecule has 0 amide bonds. The second-order valence-electron chi connectivity index (χ2n) is 10.6. The molecule has 2 N–H and O–H groups in total. The van der Waals surface area contributed by atoms with Gasteiger partial charge in [-0.2, -0.15) is 0 Å². The van der Waals surface area contributed by atoms with Crippen molar-refractivity contribution in [2.24, 2.45) is 17.3 Å². The SMILES string of the molecule is CC[C@H]1C(=O)C2(CCC2)[C@H](O)CC(=O)O[C@H](/C(F)=C/c2csc(C)n2)C/C=C(/C)CCC[C@@H](C)[C@@H]1O. The van der Waals surface area contributed by atoms with Crippen molar-refractivity contribution in [2.45, 2.75) is 104 Å². The number of aliphatic hydroxyl groups is 2. The van der Waals surface area contributed by atoms with Crippen molar-refractivity contribution < 1.29 is 28.9 Å². The van der Waals surface area contributed by atoms with Gasteiger partial charge in [-0.25, -0.2) is 9.37 Å². The summed E-state index contributed by atoms with van der Waals surface area (Å²) in [4.78, 5) is 30.7. The van der Waals surface area contributed by atoms with Gasteiger partial charge in [-0.15, -0.1) is 11.3 Å². The number of thiazole rings is 1. The molecule has 2 heterocycles. The van der Waals surface area contributed by atoms with E-state index < -0.39 is 47.9 Å². The van der Waals surface area contributed by atoms with E-state index >= 15 is 4.39 Å². The molecule has 0 radical (unpaired) electrons. The van der Waals surface area contributed by atoms with Gasteiger partial charge in [0.15, 0.2) is 6.10 Å². The Morgan fingerprint density at radius 3 is 2.58 bits per heavy atom. The Morgan fingerprint density at radius 2 is 2.00 bits per heavy atom. The summed E-state index contributed by atoms with van der Waals surface area (Å²) in [5.74, 6) is -2.19. The van der Waals surface area contributed by atoms with E-state index in [4.69, 9.17) is 4.74 Å². The van der Waals surface area contributed by atoms with Crippen LogP contribution in [0.5, 0.6) is 0 Å². The third kappa shape index (κ3) is 6.69. The second-order valence-corrected chi connectivity index (χ2v) is 11.6. The lowest BCUT2D eigenvalue weighted by atomic mass is 9.58. The van der Waals surface area contributed by atoms with Crippen molar-refractivity contribution in [2.75, 3.05) is 0 Å². The lowest BCUT2D eigenvalue weighted by Gasteiger charge is -2.46. The summed E-state index contributed by atoms with van der Waals surface area (Å²) in [5.41, 5.74) is 0.450. The van der Waals surface area contributed by atoms with Crippen LogP contribution in [0, 0.1) is 24.2 Å². The van der Waals surface area contributed by atoms with E-state index in [1.54, 1.807) is 5.38 Å². The Morgan fingerprint density at radius 1 is 1.28 bits per heavy atom. The van der Waals surface area contributed by atoms with Gasteiger partial charge in [-0.1, -0.05) is 31.9 Å². The van der Waals surface area contributed by atoms with Crippen molar-refractivity contribution in [3.63, 3.8) is 0 Å². The van der Waals surface area contributed by atoms with Crippen molar-refractivity contribution >= 4 is 29.2 Å². The number of rotatable bonds is 3. The number of aromatic nitrogens is 1. The monoisotopic (exact) mass is 521 g/mol. The van der Waals surface area contributed by atoms with Gasteiger partial charge in [0.2, 0.25) is 0 Å². The zero-order valence-corrected chi connectivity index (χ0v) is 22.7. The topological polar surface area (TPSA) is 96.7 Å². The molecule has 2 aliphatic rings. The van der Waals surface area contributed by atoms with Crippen LogP contribution in [0.25, 0.3) is 6.08 Å². The quantitative estimate of drug-likeness (QED) is 0.391. The average Bonchev–Trinajstić information content (AvgIpc) is 3.19. The number of allylic oxidation sites excluding steroid dienone is 1. The van der Waals surface area contributed by atoms with Crippen LogP contribution >= 0.6 is 11.3 Å². The van der Waals surface area contributed by atoms with Crippen LogP contribution in [0.2, 0.25) is 0 Å². The number of halogens is 1. The summed E-state index contributed by atoms with van der Waals surface area (Å²) in [6.45, 7) is 7.62. The number of nitrogens with zero attached hydrogens (tertiary/aromatic N) is 1. The van der Waals surface area contributed by atoms with E-state index in [0.29, 0.717) is 25.0 Å². The molecule has 1 aliphatic carbocycles. The first-order valence-electron chi connectivity index (χ1n) is 13.1. The number of ketones is 1. The van der Waals surface area contributed by atoms with Crippen molar-refractivity contribution in [3.8, 4) is 0 Å². The molecule has 0 aromatic carbocycles. The molecule has 36 heavy (non-hydrogen) atoms. The molecule has 6 nitrogen and oxygen atoms in total. The lowest BCUT2D eigenvalue weighted by Crippen LogP contribution is -2.53. The summed E-state index contributed by atoms with van der Waals surface area (Å²) in [6, 6.07) is 0. The minimum Gasteiger partial charge on any atom is -0.455 e. The number of aliphatic hydroxyl groups excluding tert-OH is 2. The van der Waals surface area contributed by atoms with Gasteiger partial charge in [0, 0.05) is 23.8 Å². The van der Waals surface area contributed by atoms with E-state index in [1.165, 1.54) is 17.4 Å². The molecule has 8 heteroatoms. The predicted molar refractivity (Wildman–Crippen MR) is 139 cm³/mol. The number of hydrogen-bond acceptors (Lipinski definition) is 7. The fraction of sp³-hybridized carbons (Fsp3) is 0.679. The molecule has 5 atom stereocenters. The number of carbonyl (C=O) groups excluding carboxylic acids is 2. The summed E-state index contributed by atoms with van der Waals surface area (Å²) >= 11 is 1.41. The highest BCUT2D eigenvalue weighted by Crippen LogP contribution is 2.48. The van der Waals surface area contributed by atoms with Gasteiger partial charge >= 0.3 is 5.97 Å². The maximum atomic E-state index is 15.2. The highest BCUT2D eigenvalue weighted by molar-refractivity contribution is 7.09. The fourth-order valence-electron chi connectivity index (χ4n) is 5.39. The molecule has 1 aliphatic heterocycles. The maximum absolute atomic E-state index is 15.2. The van der Waals surface area contributed by atoms with Gasteiger partial charge in [-0.3, -0.25) is 9.59 Å². The summed E-state index contributed by atoms with van der Waals surface area (Å²) in [7, 11) is 0. The van der Waals surface area contributed by atoms with Crippen molar-refractivity contribution in [1.82, 2.24) is 4.98 Å². The molecule has 1 fully saturated rings. The van der Waals surface area contributed by atoms with Crippen molar-refractivity contribution in [3.05, 3.63) is 33.6 Å². The van der Waals surface area contributed by atoms with Crippen LogP contribution in [0.3, 0.4) is 0 Å². The molecule has 0 saturated heterocycles. The number of hydrogen-bond donors (Lipinski definition) is 2. The molecule has 1 aromatic heterocycles. The smallest absolute Gasteiger partial charge is 0.309 e. The Kier molecular flexibility index (Phi) is 10.0. The van der Waals surface area contributed by atoms with E-state index in [-0.39, 0.29) is 18.1 Å². The number of Topliss-reactive ketones (excluding diaryl/α,β-unsaturated/α-hetero) is 1. The minimum atomic E-state index is -1.23. The summed E-state index contributed by atoms with van der Waals surface area (Å²) in [6.07, 6.45) is 4.30. The normalized spacial score (nSPS) is 32.5. The Bertz CT molecular complexity index is 982. The maximum Gasteiger partial charge on any atom is 0.309 e. The lowest BCUT2D eigenvalue weighted by molar-refractivity contribution is -0.162. The minimum absolute atomic E-state index is 0.0754. The third-order valence-corrected chi connectivity index (χ3v) is 8.71. The second kappa shape index (κ2) is 12.6. The zero-order valence-electron chi connectivity index (χ0n) is 21.8. The molecule has 3 rings (SSSR count). The van der Waals surface area contributed by atoms with Gasteiger partial charge in [0.05, 0.1) is 34.7 Å². The Labute approximate surface area is 217 Å². The van der Waals surface area contributed by atoms with Gasteiger partial charge in [0.25, 0.3) is 0 Å². The van der Waals surface area contributed by atoms with Crippen LogP contribution in [-0.4, -0.2) is 45.3 Å². The summed E-state index contributed by atoms with van der Waals surface area (Å²) < 4.78 is 20.8. The largest absolute Gasteiger partial charge is 0.455 e. The van der Waals surface area contributed by atoms with Gasteiger partial charge in [0.1, 0.15) is 11.6 Å². The third-order valence-electron chi connectivity index (χ3n) is 7.92. The van der Waals surface area contributed by atoms with Crippen LogP contribution in [0.1, 0.15) is 89.3 Å². The van der Waals surface area contributed by atoms with E-state index in [2.05, 4.69) is 4.98 Å². The van der Waals surface area contributed by atoms with Gasteiger partial charge < -0.3 is 14.9 Å². The Hall–Kier alpha value is -1.90. The first-order chi connectivity index (χ1) is 17.1. The number of ether oxygens (including phenoxy) is 1. The van der Waals surface area contributed by atoms with Crippen molar-refractivity contribution in [1.29, 1.82) is 0 Å². The number of carbonyl (C=O) groups is 2. The average molecular weight is 522 g/mol. The van der Waals surface area contributed by atoms with E-state index in [1.807, 2.05) is 33.8 Å². The molecular formula is C28H40FNO5S. The fourth-order valence-corrected chi connectivity index (χ4v) is 5.96. The number of esters is 1. The molecule has 1 aromatic rings. The van der Waals surface area contributed by atoms with Crippen LogP contribution < -0.4 is 0 Å². The van der Waals surface area contributed by atoms with Gasteiger partial charge in [-0.05, 0) is 58.3 Å². The van der Waals surface area contributed by atoms with Crippen LogP contribution in [-0.2, 0) is 14.3 Å². The Balaban J connectivity index is 1.89. The van der Waals surface area contributed by atoms with E-state index in [0.717, 1.165) is 36.3 Å². The summed E-state index contributed by atoms with van der Waals surface area (Å²) in [5, 5.41) is 24.6. The molecular weight excluding hydrogens is 481 g/mol.